The van der Waals surface area contributed by atoms with Gasteiger partial charge in [-0.15, -0.1) is 0 Å². The number of rotatable bonds is 6. The van der Waals surface area contributed by atoms with Crippen LogP contribution in [0.2, 0.25) is 5.02 Å². The van der Waals surface area contributed by atoms with E-state index in [1.54, 1.807) is 43.4 Å². The molecule has 0 aliphatic rings. The number of carbonyl (C=O) groups excluding carboxylic acids is 2. The van der Waals surface area contributed by atoms with Crippen molar-refractivity contribution in [1.82, 2.24) is 0 Å². The molecule has 2 N–H and O–H groups in total. The molecule has 2 aromatic carbocycles. The van der Waals surface area contributed by atoms with E-state index in [0.29, 0.717) is 28.4 Å². The highest BCUT2D eigenvalue weighted by atomic mass is 35.5. The lowest BCUT2D eigenvalue weighted by molar-refractivity contribution is -0.885. The first-order valence-corrected chi connectivity index (χ1v) is 8.01. The van der Waals surface area contributed by atoms with Gasteiger partial charge in [-0.05, 0) is 36.4 Å². The van der Waals surface area contributed by atoms with Crippen molar-refractivity contribution >= 4 is 29.2 Å². The Kier molecular flexibility index (Phi) is 6.50. The van der Waals surface area contributed by atoms with Gasteiger partial charge in [-0.1, -0.05) is 17.7 Å². The number of hydrogen-bond donors (Lipinski definition) is 2. The van der Waals surface area contributed by atoms with Crippen molar-refractivity contribution in [2.24, 2.45) is 0 Å². The smallest absolute Gasteiger partial charge is 0.337 e. The van der Waals surface area contributed by atoms with E-state index in [9.17, 15) is 14.0 Å². The third kappa shape index (κ3) is 5.27. The summed E-state index contributed by atoms with van der Waals surface area (Å²) in [5, 5.41) is 3.08. The van der Waals surface area contributed by atoms with E-state index >= 15 is 0 Å². The molecule has 1 unspecified atom stereocenters. The fraction of sp³-hybridized carbons (Fsp3) is 0.222. The minimum absolute atomic E-state index is 0.142. The van der Waals surface area contributed by atoms with Crippen LogP contribution in [0.3, 0.4) is 0 Å². The number of likely N-dealkylation sites (N-methyl/N-ethyl adjacent to an activating group) is 1. The van der Waals surface area contributed by atoms with Crippen LogP contribution >= 0.6 is 11.6 Å². The molecule has 0 spiro atoms. The lowest BCUT2D eigenvalue weighted by Crippen LogP contribution is -3.08. The molecule has 25 heavy (non-hydrogen) atoms. The quantitative estimate of drug-likeness (QED) is 0.769. The first-order chi connectivity index (χ1) is 11.9. The van der Waals surface area contributed by atoms with Gasteiger partial charge in [0.05, 0.1) is 30.3 Å². The third-order valence-corrected chi connectivity index (χ3v) is 3.95. The number of esters is 1. The number of hydrogen-bond acceptors (Lipinski definition) is 3. The molecule has 5 nitrogen and oxygen atoms in total. The monoisotopic (exact) mass is 365 g/mol. The van der Waals surface area contributed by atoms with Gasteiger partial charge in [0.2, 0.25) is 0 Å². The highest BCUT2D eigenvalue weighted by molar-refractivity contribution is 6.31. The number of quaternary nitrogens is 1. The van der Waals surface area contributed by atoms with Gasteiger partial charge in [-0.3, -0.25) is 4.79 Å². The summed E-state index contributed by atoms with van der Waals surface area (Å²) in [6.07, 6.45) is 0. The van der Waals surface area contributed by atoms with E-state index in [2.05, 4.69) is 10.1 Å². The zero-order valence-electron chi connectivity index (χ0n) is 13.9. The van der Waals surface area contributed by atoms with Crippen molar-refractivity contribution in [2.75, 3.05) is 26.0 Å². The van der Waals surface area contributed by atoms with E-state index < -0.39 is 5.97 Å². The number of halogens is 2. The zero-order valence-corrected chi connectivity index (χ0v) is 14.7. The Morgan fingerprint density at radius 3 is 2.48 bits per heavy atom. The molecule has 1 atom stereocenters. The van der Waals surface area contributed by atoms with Crippen molar-refractivity contribution in [3.63, 3.8) is 0 Å². The molecule has 0 fully saturated rings. The molecule has 0 bridgehead atoms. The van der Waals surface area contributed by atoms with Gasteiger partial charge in [0.15, 0.2) is 6.54 Å². The number of amides is 1. The minimum atomic E-state index is -0.441. The Morgan fingerprint density at radius 1 is 1.20 bits per heavy atom. The number of methoxy groups -OCH3 is 1. The average molecular weight is 366 g/mol. The summed E-state index contributed by atoms with van der Waals surface area (Å²) in [5.41, 5.74) is 1.35. The van der Waals surface area contributed by atoms with Gasteiger partial charge in [0, 0.05) is 5.69 Å². The van der Waals surface area contributed by atoms with Gasteiger partial charge < -0.3 is 15.0 Å². The molecule has 2 rings (SSSR count). The van der Waals surface area contributed by atoms with E-state index in [-0.39, 0.29) is 18.3 Å². The van der Waals surface area contributed by atoms with Crippen molar-refractivity contribution in [3.8, 4) is 0 Å². The molecule has 7 heteroatoms. The molecule has 1 amide bonds. The fourth-order valence-corrected chi connectivity index (χ4v) is 2.58. The summed E-state index contributed by atoms with van der Waals surface area (Å²) in [6.45, 7) is 0.434. The number of anilines is 1. The average Bonchev–Trinajstić information content (AvgIpc) is 2.58. The Bertz CT molecular complexity index is 745. The summed E-state index contributed by atoms with van der Waals surface area (Å²) in [4.78, 5) is 24.3. The second kappa shape index (κ2) is 8.60. The lowest BCUT2D eigenvalue weighted by Gasteiger charge is -2.15. The molecule has 0 aliphatic heterocycles. The van der Waals surface area contributed by atoms with Crippen LogP contribution in [-0.2, 0) is 16.1 Å². The maximum absolute atomic E-state index is 13.8. The Morgan fingerprint density at radius 2 is 1.88 bits per heavy atom. The molecule has 0 radical (unpaired) electrons. The molecular formula is C18H19ClFN2O3+. The van der Waals surface area contributed by atoms with Crippen molar-refractivity contribution < 1.29 is 23.6 Å². The molecular weight excluding hydrogens is 347 g/mol. The highest BCUT2D eigenvalue weighted by Gasteiger charge is 2.15. The second-order valence-electron chi connectivity index (χ2n) is 5.63. The van der Waals surface area contributed by atoms with Crippen molar-refractivity contribution in [3.05, 3.63) is 64.4 Å². The predicted octanol–water partition coefficient (Wildman–Crippen LogP) is 1.92. The summed E-state index contributed by atoms with van der Waals surface area (Å²) < 4.78 is 18.4. The van der Waals surface area contributed by atoms with Crippen LogP contribution in [0, 0.1) is 5.82 Å². The molecule has 0 aromatic heterocycles. The summed E-state index contributed by atoms with van der Waals surface area (Å²) in [5.74, 6) is -1.05. The standard InChI is InChI=1S/C18H18ClFN2O3/c1-22(10-14-15(19)4-3-5-16(14)20)11-17(23)21-13-8-6-12(7-9-13)18(24)25-2/h3-9H,10-11H2,1-2H3,(H,21,23)/p+1. The summed E-state index contributed by atoms with van der Waals surface area (Å²) in [6, 6.07) is 10.9. The number of nitrogens with one attached hydrogen (secondary N) is 2. The van der Waals surface area contributed by atoms with Crippen LogP contribution in [0.1, 0.15) is 15.9 Å². The Hall–Kier alpha value is -2.44. The zero-order chi connectivity index (χ0) is 18.4. The minimum Gasteiger partial charge on any atom is -0.465 e. The van der Waals surface area contributed by atoms with Gasteiger partial charge in [-0.2, -0.15) is 0 Å². The number of ether oxygens (including phenoxy) is 1. The summed E-state index contributed by atoms with van der Waals surface area (Å²) in [7, 11) is 3.08. The van der Waals surface area contributed by atoms with Gasteiger partial charge >= 0.3 is 5.97 Å². The maximum Gasteiger partial charge on any atom is 0.337 e. The SMILES string of the molecule is COC(=O)c1ccc(NC(=O)C[NH+](C)Cc2c(F)cccc2Cl)cc1. The third-order valence-electron chi connectivity index (χ3n) is 3.59. The van der Waals surface area contributed by atoms with Crippen LogP contribution in [-0.4, -0.2) is 32.6 Å². The van der Waals surface area contributed by atoms with Crippen LogP contribution < -0.4 is 10.2 Å². The van der Waals surface area contributed by atoms with Gasteiger partial charge in [0.25, 0.3) is 5.91 Å². The second-order valence-corrected chi connectivity index (χ2v) is 6.04. The molecule has 0 saturated heterocycles. The lowest BCUT2D eigenvalue weighted by atomic mass is 10.2. The van der Waals surface area contributed by atoms with E-state index in [4.69, 9.17) is 11.6 Å². The fourth-order valence-electron chi connectivity index (χ4n) is 2.35. The Balaban J connectivity index is 1.92. The van der Waals surface area contributed by atoms with Crippen LogP contribution in [0.25, 0.3) is 0 Å². The van der Waals surface area contributed by atoms with Crippen LogP contribution in [0.15, 0.2) is 42.5 Å². The normalized spacial score (nSPS) is 11.7. The molecule has 132 valence electrons. The molecule has 0 aliphatic carbocycles. The Labute approximate surface area is 150 Å². The van der Waals surface area contributed by atoms with E-state index in [1.165, 1.54) is 13.2 Å². The van der Waals surface area contributed by atoms with Gasteiger partial charge in [0.1, 0.15) is 12.4 Å². The largest absolute Gasteiger partial charge is 0.465 e. The predicted molar refractivity (Wildman–Crippen MR) is 93.3 cm³/mol. The summed E-state index contributed by atoms with van der Waals surface area (Å²) >= 11 is 6.00. The molecule has 2 aromatic rings. The van der Waals surface area contributed by atoms with Crippen molar-refractivity contribution in [1.29, 1.82) is 0 Å². The highest BCUT2D eigenvalue weighted by Crippen LogP contribution is 2.17. The maximum atomic E-state index is 13.8. The van der Waals surface area contributed by atoms with Crippen molar-refractivity contribution in [2.45, 2.75) is 6.54 Å². The first-order valence-electron chi connectivity index (χ1n) is 7.63. The van der Waals surface area contributed by atoms with E-state index in [0.717, 1.165) is 4.90 Å². The number of benzene rings is 2. The molecule has 0 saturated carbocycles. The van der Waals surface area contributed by atoms with Gasteiger partial charge in [-0.25, -0.2) is 9.18 Å². The number of carbonyl (C=O) groups is 2. The first kappa shape index (κ1) is 18.9. The van der Waals surface area contributed by atoms with Crippen LogP contribution in [0.5, 0.6) is 0 Å². The topological polar surface area (TPSA) is 59.8 Å². The molecule has 0 heterocycles. The van der Waals surface area contributed by atoms with E-state index in [1.807, 2.05) is 0 Å². The van der Waals surface area contributed by atoms with Crippen LogP contribution in [0.4, 0.5) is 10.1 Å².